The van der Waals surface area contributed by atoms with Gasteiger partial charge in [-0.3, -0.25) is 4.79 Å². The van der Waals surface area contributed by atoms with E-state index in [-0.39, 0.29) is 11.6 Å². The van der Waals surface area contributed by atoms with Crippen molar-refractivity contribution in [2.75, 3.05) is 11.9 Å². The van der Waals surface area contributed by atoms with Crippen LogP contribution in [0.4, 0.5) is 10.1 Å². The average molecular weight is 329 g/mol. The van der Waals surface area contributed by atoms with Crippen LogP contribution in [0.3, 0.4) is 0 Å². The zero-order valence-corrected chi connectivity index (χ0v) is 12.6. The minimum Gasteiger partial charge on any atom is -0.450 e. The number of aromatic nitrogens is 4. The van der Waals surface area contributed by atoms with Gasteiger partial charge in [-0.2, -0.15) is 4.98 Å². The number of benzene rings is 1. The second-order valence-electron chi connectivity index (χ2n) is 4.86. The minimum atomic E-state index is -0.839. The number of aryl methyl sites for hydroxylation is 1. The van der Waals surface area contributed by atoms with Gasteiger partial charge in [0.1, 0.15) is 5.82 Å². The van der Waals surface area contributed by atoms with Gasteiger partial charge >= 0.3 is 5.97 Å². The van der Waals surface area contributed by atoms with Crippen LogP contribution in [0.5, 0.6) is 0 Å². The summed E-state index contributed by atoms with van der Waals surface area (Å²) < 4.78 is 19.0. The lowest BCUT2D eigenvalue weighted by Gasteiger charge is -2.05. The number of carbonyl (C=O) groups is 2. The van der Waals surface area contributed by atoms with Crippen molar-refractivity contribution in [1.29, 1.82) is 0 Å². The lowest BCUT2D eigenvalue weighted by atomic mass is 10.3. The number of halogens is 1. The van der Waals surface area contributed by atoms with Crippen molar-refractivity contribution in [1.82, 2.24) is 19.6 Å². The second-order valence-corrected chi connectivity index (χ2v) is 4.86. The molecule has 2 aromatic heterocycles. The van der Waals surface area contributed by atoms with Gasteiger partial charge in [0, 0.05) is 17.6 Å². The second kappa shape index (κ2) is 6.41. The molecule has 0 aliphatic carbocycles. The molecule has 0 radical (unpaired) electrons. The first-order valence-electron chi connectivity index (χ1n) is 6.94. The zero-order chi connectivity index (χ0) is 17.1. The van der Waals surface area contributed by atoms with Gasteiger partial charge in [-0.05, 0) is 37.3 Å². The standard InChI is InChI=1S/C15H12FN5O3/c1-9-6-7-17-15-19-13(20-21(9)15)14(23)24-8-12(22)18-11-4-2-10(16)3-5-11/h2-7H,8H2,1H3,(H,18,22). The van der Waals surface area contributed by atoms with E-state index in [4.69, 9.17) is 4.74 Å². The van der Waals surface area contributed by atoms with Gasteiger partial charge in [-0.25, -0.2) is 18.7 Å². The Morgan fingerprint density at radius 3 is 2.71 bits per heavy atom. The van der Waals surface area contributed by atoms with Gasteiger partial charge in [-0.1, -0.05) is 0 Å². The number of ether oxygens (including phenoxy) is 1. The predicted molar refractivity (Wildman–Crippen MR) is 80.8 cm³/mol. The monoisotopic (exact) mass is 329 g/mol. The molecule has 0 aliphatic rings. The summed E-state index contributed by atoms with van der Waals surface area (Å²) in [6, 6.07) is 6.92. The van der Waals surface area contributed by atoms with Crippen LogP contribution in [0, 0.1) is 12.7 Å². The van der Waals surface area contributed by atoms with E-state index in [1.54, 1.807) is 19.2 Å². The third-order valence-electron chi connectivity index (χ3n) is 3.07. The molecule has 0 saturated heterocycles. The molecule has 1 N–H and O–H groups in total. The summed E-state index contributed by atoms with van der Waals surface area (Å²) in [7, 11) is 0. The minimum absolute atomic E-state index is 0.189. The van der Waals surface area contributed by atoms with Crippen LogP contribution in [0.25, 0.3) is 5.78 Å². The molecule has 0 aliphatic heterocycles. The molecule has 24 heavy (non-hydrogen) atoms. The van der Waals surface area contributed by atoms with Crippen molar-refractivity contribution in [3.05, 3.63) is 53.9 Å². The Kier molecular flexibility index (Phi) is 4.15. The van der Waals surface area contributed by atoms with E-state index in [2.05, 4.69) is 20.4 Å². The van der Waals surface area contributed by atoms with Crippen molar-refractivity contribution >= 4 is 23.3 Å². The van der Waals surface area contributed by atoms with Crippen LogP contribution in [0.2, 0.25) is 0 Å². The van der Waals surface area contributed by atoms with Crippen molar-refractivity contribution in [3.8, 4) is 0 Å². The van der Waals surface area contributed by atoms with E-state index >= 15 is 0 Å². The maximum Gasteiger partial charge on any atom is 0.378 e. The summed E-state index contributed by atoms with van der Waals surface area (Å²) >= 11 is 0. The molecule has 8 nitrogen and oxygen atoms in total. The van der Waals surface area contributed by atoms with E-state index in [9.17, 15) is 14.0 Å². The highest BCUT2D eigenvalue weighted by Gasteiger charge is 2.17. The topological polar surface area (TPSA) is 98.5 Å². The number of hydrogen-bond donors (Lipinski definition) is 1. The Labute approximate surface area is 135 Å². The molecule has 3 rings (SSSR count). The molecular weight excluding hydrogens is 317 g/mol. The van der Waals surface area contributed by atoms with Gasteiger partial charge in [0.15, 0.2) is 6.61 Å². The zero-order valence-electron chi connectivity index (χ0n) is 12.6. The first-order valence-corrected chi connectivity index (χ1v) is 6.94. The van der Waals surface area contributed by atoms with Crippen LogP contribution >= 0.6 is 0 Å². The first-order chi connectivity index (χ1) is 11.5. The fraction of sp³-hybridized carbons (Fsp3) is 0.133. The lowest BCUT2D eigenvalue weighted by Crippen LogP contribution is -2.21. The predicted octanol–water partition coefficient (Wildman–Crippen LogP) is 1.37. The molecule has 0 saturated carbocycles. The first kappa shape index (κ1) is 15.5. The smallest absolute Gasteiger partial charge is 0.378 e. The van der Waals surface area contributed by atoms with Crippen molar-refractivity contribution in [2.24, 2.45) is 0 Å². The number of amides is 1. The Hall–Kier alpha value is -3.36. The number of hydrogen-bond acceptors (Lipinski definition) is 6. The van der Waals surface area contributed by atoms with Crippen molar-refractivity contribution in [2.45, 2.75) is 6.92 Å². The fourth-order valence-corrected chi connectivity index (χ4v) is 1.92. The molecule has 122 valence electrons. The molecule has 9 heteroatoms. The summed E-state index contributed by atoms with van der Waals surface area (Å²) in [6.45, 7) is 1.27. The molecule has 0 unspecified atom stereocenters. The Morgan fingerprint density at radius 2 is 2.00 bits per heavy atom. The van der Waals surface area contributed by atoms with Gasteiger partial charge in [-0.15, -0.1) is 5.10 Å². The van der Waals surface area contributed by atoms with E-state index in [1.165, 1.54) is 28.8 Å². The summed E-state index contributed by atoms with van der Waals surface area (Å²) in [5.74, 6) is -1.74. The molecule has 3 aromatic rings. The Morgan fingerprint density at radius 1 is 1.25 bits per heavy atom. The van der Waals surface area contributed by atoms with Crippen LogP contribution in [-0.2, 0) is 9.53 Å². The lowest BCUT2D eigenvalue weighted by molar-refractivity contribution is -0.119. The number of esters is 1. The third-order valence-corrected chi connectivity index (χ3v) is 3.07. The van der Waals surface area contributed by atoms with Crippen LogP contribution in [-0.4, -0.2) is 38.1 Å². The third kappa shape index (κ3) is 3.35. The summed E-state index contributed by atoms with van der Waals surface area (Å²) in [4.78, 5) is 31.5. The van der Waals surface area contributed by atoms with E-state index < -0.39 is 24.3 Å². The number of rotatable bonds is 4. The van der Waals surface area contributed by atoms with Gasteiger partial charge in [0.2, 0.25) is 0 Å². The number of nitrogens with zero attached hydrogens (tertiary/aromatic N) is 4. The van der Waals surface area contributed by atoms with Crippen molar-refractivity contribution < 1.29 is 18.7 Å². The van der Waals surface area contributed by atoms with E-state index in [0.717, 1.165) is 5.69 Å². The Bertz CT molecular complexity index is 907. The quantitative estimate of drug-likeness (QED) is 0.726. The maximum absolute atomic E-state index is 12.8. The SMILES string of the molecule is Cc1ccnc2nc(C(=O)OCC(=O)Nc3ccc(F)cc3)nn12. The van der Waals surface area contributed by atoms with Gasteiger partial charge < -0.3 is 10.1 Å². The van der Waals surface area contributed by atoms with Crippen LogP contribution in [0.15, 0.2) is 36.5 Å². The highest BCUT2D eigenvalue weighted by atomic mass is 19.1. The molecule has 2 heterocycles. The molecule has 1 aromatic carbocycles. The number of fused-ring (bicyclic) bond motifs is 1. The molecule has 0 bridgehead atoms. The molecule has 0 fully saturated rings. The van der Waals surface area contributed by atoms with Crippen molar-refractivity contribution in [3.63, 3.8) is 0 Å². The van der Waals surface area contributed by atoms with Gasteiger partial charge in [0.05, 0.1) is 0 Å². The van der Waals surface area contributed by atoms with E-state index in [0.29, 0.717) is 5.69 Å². The molecule has 1 amide bonds. The molecule has 0 atom stereocenters. The Balaban J connectivity index is 1.60. The molecule has 0 spiro atoms. The largest absolute Gasteiger partial charge is 0.450 e. The number of anilines is 1. The number of nitrogens with one attached hydrogen (secondary N) is 1. The summed E-state index contributed by atoms with van der Waals surface area (Å²) in [6.07, 6.45) is 1.55. The normalized spacial score (nSPS) is 10.6. The highest BCUT2D eigenvalue weighted by Crippen LogP contribution is 2.08. The van der Waals surface area contributed by atoms with E-state index in [1.807, 2.05) is 0 Å². The van der Waals surface area contributed by atoms with Gasteiger partial charge in [0.25, 0.3) is 17.5 Å². The average Bonchev–Trinajstić information content (AvgIpc) is 3.00. The van der Waals surface area contributed by atoms with Crippen LogP contribution < -0.4 is 5.32 Å². The maximum atomic E-state index is 12.8. The number of carbonyl (C=O) groups excluding carboxylic acids is 2. The molecular formula is C15H12FN5O3. The van der Waals surface area contributed by atoms with Crippen LogP contribution in [0.1, 0.15) is 16.3 Å². The summed E-state index contributed by atoms with van der Waals surface area (Å²) in [5, 5.41) is 6.45. The summed E-state index contributed by atoms with van der Waals surface area (Å²) in [5.41, 5.74) is 1.14. The fourth-order valence-electron chi connectivity index (χ4n) is 1.92. The highest BCUT2D eigenvalue weighted by molar-refractivity contribution is 5.94.